The molecule has 6 rings (SSSR count). The first-order valence-electron chi connectivity index (χ1n) is 15.6. The van der Waals surface area contributed by atoms with Crippen molar-refractivity contribution >= 4 is 26.8 Å². The number of hydrogen-bond acceptors (Lipinski definition) is 8. The second-order valence-corrected chi connectivity index (χ2v) is 13.8. The topological polar surface area (TPSA) is 144 Å². The number of nitrogens with two attached hydrogens (primary N) is 1. The number of hydrogen-bond donors (Lipinski definition) is 1. The van der Waals surface area contributed by atoms with E-state index >= 15 is 0 Å². The van der Waals surface area contributed by atoms with Gasteiger partial charge >= 0.3 is 6.18 Å². The lowest BCUT2D eigenvalue weighted by molar-refractivity contribution is -0.153. The molecular formula is C35H33F3N6O5S. The van der Waals surface area contributed by atoms with Crippen LogP contribution < -0.4 is 14.6 Å². The molecule has 0 spiro atoms. The van der Waals surface area contributed by atoms with Gasteiger partial charge in [-0.25, -0.2) is 18.5 Å². The number of benzene rings is 2. The summed E-state index contributed by atoms with van der Waals surface area (Å²) < 4.78 is 73.6. The van der Waals surface area contributed by atoms with Gasteiger partial charge in [-0.15, -0.1) is 0 Å². The molecule has 0 saturated carbocycles. The normalized spacial score (nSPS) is 18.5. The molecule has 1 atom stereocenters. The van der Waals surface area contributed by atoms with Crippen LogP contribution in [0.4, 0.5) is 13.2 Å². The van der Waals surface area contributed by atoms with Crippen molar-refractivity contribution in [2.45, 2.75) is 24.6 Å². The molecule has 1 amide bonds. The fourth-order valence-electron chi connectivity index (χ4n) is 6.04. The molecule has 4 aromatic rings. The van der Waals surface area contributed by atoms with Crippen LogP contribution in [-0.4, -0.2) is 72.6 Å². The number of ether oxygens (including phenoxy) is 2. The minimum atomic E-state index is -4.39. The molecule has 0 bridgehead atoms. The van der Waals surface area contributed by atoms with Gasteiger partial charge in [0.15, 0.2) is 6.61 Å². The second kappa shape index (κ2) is 13.6. The first-order chi connectivity index (χ1) is 23.7. The monoisotopic (exact) mass is 706 g/mol. The molecule has 3 heterocycles. The van der Waals surface area contributed by atoms with Crippen molar-refractivity contribution in [1.29, 1.82) is 5.26 Å². The van der Waals surface area contributed by atoms with Gasteiger partial charge in [0.05, 0.1) is 16.5 Å². The van der Waals surface area contributed by atoms with E-state index in [2.05, 4.69) is 16.0 Å². The quantitative estimate of drug-likeness (QED) is 0.252. The average Bonchev–Trinajstić information content (AvgIpc) is 3.43. The Hall–Kier alpha value is -5.17. The highest BCUT2D eigenvalue weighted by Gasteiger charge is 2.36. The van der Waals surface area contributed by atoms with E-state index in [1.807, 2.05) is 29.8 Å². The molecule has 15 heteroatoms. The lowest BCUT2D eigenvalue weighted by Gasteiger charge is -2.34. The van der Waals surface area contributed by atoms with E-state index in [-0.39, 0.29) is 28.9 Å². The summed E-state index contributed by atoms with van der Waals surface area (Å²) in [6.07, 6.45) is 1.47. The highest BCUT2D eigenvalue weighted by atomic mass is 32.2. The summed E-state index contributed by atoms with van der Waals surface area (Å²) in [5.74, 6) is 0.805. The highest BCUT2D eigenvalue weighted by Crippen LogP contribution is 2.37. The first kappa shape index (κ1) is 34.7. The summed E-state index contributed by atoms with van der Waals surface area (Å²) in [7, 11) is -2.14. The molecule has 2 aromatic heterocycles. The Bertz CT molecular complexity index is 2110. The number of amides is 1. The number of halogens is 3. The minimum absolute atomic E-state index is 0.0408. The summed E-state index contributed by atoms with van der Waals surface area (Å²) in [5.41, 5.74) is 1.49. The third-order valence-electron chi connectivity index (χ3n) is 8.78. The van der Waals surface area contributed by atoms with Gasteiger partial charge in [0.1, 0.15) is 22.6 Å². The van der Waals surface area contributed by atoms with Crippen molar-refractivity contribution in [3.05, 3.63) is 107 Å². The predicted molar refractivity (Wildman–Crippen MR) is 179 cm³/mol. The van der Waals surface area contributed by atoms with Crippen LogP contribution in [0, 0.1) is 11.3 Å². The van der Waals surface area contributed by atoms with Gasteiger partial charge in [-0.1, -0.05) is 30.4 Å². The number of fused-ring (bicyclic) bond motifs is 1. The summed E-state index contributed by atoms with van der Waals surface area (Å²) in [6, 6.07) is 19.3. The van der Waals surface area contributed by atoms with Crippen molar-refractivity contribution < 1.29 is 35.9 Å². The Morgan fingerprint density at radius 3 is 2.40 bits per heavy atom. The van der Waals surface area contributed by atoms with Crippen molar-refractivity contribution in [3.8, 4) is 23.4 Å². The van der Waals surface area contributed by atoms with Crippen molar-refractivity contribution in [2.24, 2.45) is 12.2 Å². The zero-order valence-electron chi connectivity index (χ0n) is 26.9. The van der Waals surface area contributed by atoms with Gasteiger partial charge < -0.3 is 18.9 Å². The predicted octanol–water partition coefficient (Wildman–Crippen LogP) is 5.16. The van der Waals surface area contributed by atoms with E-state index < -0.39 is 28.2 Å². The zero-order valence-corrected chi connectivity index (χ0v) is 27.7. The van der Waals surface area contributed by atoms with Crippen LogP contribution >= 0.6 is 0 Å². The van der Waals surface area contributed by atoms with Crippen LogP contribution in [0.15, 0.2) is 90.0 Å². The maximum atomic E-state index is 13.6. The molecule has 1 unspecified atom stereocenters. The molecule has 11 nitrogen and oxygen atoms in total. The van der Waals surface area contributed by atoms with Gasteiger partial charge in [0.25, 0.3) is 5.91 Å². The number of pyridine rings is 1. The highest BCUT2D eigenvalue weighted by molar-refractivity contribution is 7.93. The Kier molecular flexibility index (Phi) is 9.45. The maximum Gasteiger partial charge on any atom is 0.422 e. The molecule has 260 valence electrons. The number of nitriles is 1. The van der Waals surface area contributed by atoms with Crippen LogP contribution in [0.2, 0.25) is 0 Å². The standard InChI is InChI=1S/C35H33F3N6O5S/c1-42-30-18-28(49-32-11-7-26(20-41-32)34(22-39)12-2-3-29(19-34)50(40,46)47)10-6-25(30)17-31(42)33(45)44-15-13-43(14-16-44)21-24-4-8-27(9-5-24)48-23-35(36,37)38/h2-12,17-18,20H,13-16,19,21,23H2,1H3,(H2,40,46,47). The number of aryl methyl sites for hydroxylation is 1. The second-order valence-electron chi connectivity index (χ2n) is 12.2. The number of primary sulfonamides is 1. The number of carbonyl (C=O) groups excluding carboxylic acids is 1. The van der Waals surface area contributed by atoms with Crippen molar-refractivity contribution in [2.75, 3.05) is 32.8 Å². The average molecular weight is 707 g/mol. The molecule has 1 aliphatic carbocycles. The van der Waals surface area contributed by atoms with E-state index in [0.717, 1.165) is 16.5 Å². The van der Waals surface area contributed by atoms with E-state index in [0.29, 0.717) is 49.7 Å². The molecule has 1 fully saturated rings. The van der Waals surface area contributed by atoms with E-state index in [1.54, 1.807) is 41.3 Å². The molecule has 0 radical (unpaired) electrons. The molecule has 2 N–H and O–H groups in total. The minimum Gasteiger partial charge on any atom is -0.484 e. The van der Waals surface area contributed by atoms with Gasteiger partial charge in [-0.2, -0.15) is 18.4 Å². The van der Waals surface area contributed by atoms with E-state index in [1.165, 1.54) is 30.5 Å². The van der Waals surface area contributed by atoms with E-state index in [4.69, 9.17) is 14.6 Å². The first-order valence-corrected chi connectivity index (χ1v) is 17.1. The Morgan fingerprint density at radius 1 is 1.04 bits per heavy atom. The number of rotatable bonds is 9. The SMILES string of the molecule is Cn1c(C(=O)N2CCN(Cc3ccc(OCC(F)(F)F)cc3)CC2)cc2ccc(Oc3ccc(C4(C#N)C=CC=C(S(N)(=O)=O)C4)cn3)cc21. The number of aromatic nitrogens is 2. The summed E-state index contributed by atoms with van der Waals surface area (Å²) in [5, 5.41) is 16.1. The van der Waals surface area contributed by atoms with Gasteiger partial charge in [-0.3, -0.25) is 9.69 Å². The smallest absolute Gasteiger partial charge is 0.422 e. The van der Waals surface area contributed by atoms with Crippen LogP contribution in [-0.2, 0) is 29.0 Å². The number of sulfonamides is 1. The van der Waals surface area contributed by atoms with Crippen LogP contribution in [0.5, 0.6) is 17.4 Å². The summed E-state index contributed by atoms with van der Waals surface area (Å²) in [6.45, 7) is 1.59. The van der Waals surface area contributed by atoms with Gasteiger partial charge in [0, 0.05) is 69.9 Å². The van der Waals surface area contributed by atoms with Crippen LogP contribution in [0.3, 0.4) is 0 Å². The van der Waals surface area contributed by atoms with Crippen molar-refractivity contribution in [1.82, 2.24) is 19.4 Å². The van der Waals surface area contributed by atoms with Crippen molar-refractivity contribution in [3.63, 3.8) is 0 Å². The Morgan fingerprint density at radius 2 is 1.76 bits per heavy atom. The van der Waals surface area contributed by atoms with Gasteiger partial charge in [-0.05, 0) is 47.5 Å². The fourth-order valence-corrected chi connectivity index (χ4v) is 6.73. The lowest BCUT2D eigenvalue weighted by atomic mass is 9.77. The summed E-state index contributed by atoms with van der Waals surface area (Å²) >= 11 is 0. The maximum absolute atomic E-state index is 13.6. The molecule has 1 saturated heterocycles. The van der Waals surface area contributed by atoms with Crippen LogP contribution in [0.1, 0.15) is 28.0 Å². The summed E-state index contributed by atoms with van der Waals surface area (Å²) in [4.78, 5) is 21.9. The Labute approximate surface area is 286 Å². The largest absolute Gasteiger partial charge is 0.484 e. The third kappa shape index (κ3) is 7.67. The Balaban J connectivity index is 1.07. The van der Waals surface area contributed by atoms with Crippen LogP contribution in [0.25, 0.3) is 10.9 Å². The molecule has 2 aliphatic rings. The van der Waals surface area contributed by atoms with Gasteiger partial charge in [0.2, 0.25) is 15.9 Å². The zero-order chi connectivity index (χ0) is 35.7. The number of allylic oxidation sites excluding steroid dienone is 4. The number of alkyl halides is 3. The lowest BCUT2D eigenvalue weighted by Crippen LogP contribution is -2.48. The number of nitrogens with zero attached hydrogens (tertiary/aromatic N) is 5. The molecular weight excluding hydrogens is 673 g/mol. The number of carbonyl (C=O) groups is 1. The number of piperazine rings is 1. The third-order valence-corrected chi connectivity index (χ3v) is 9.79. The molecule has 50 heavy (non-hydrogen) atoms. The molecule has 2 aromatic carbocycles. The van der Waals surface area contributed by atoms with E-state index in [9.17, 15) is 31.6 Å². The molecule has 1 aliphatic heterocycles. The fraction of sp³-hybridized carbons (Fsp3) is 0.286.